The molecule has 2 aromatic carbocycles. The maximum atomic E-state index is 13.9. The molecule has 0 saturated heterocycles. The number of nitrogens with two attached hydrogens (primary N) is 1. The second-order valence-electron chi connectivity index (χ2n) is 4.84. The van der Waals surface area contributed by atoms with E-state index < -0.39 is 5.82 Å². The van der Waals surface area contributed by atoms with Gasteiger partial charge in [0.25, 0.3) is 0 Å². The lowest BCUT2D eigenvalue weighted by Gasteiger charge is -2.09. The van der Waals surface area contributed by atoms with Crippen LogP contribution in [0.15, 0.2) is 42.5 Å². The average molecular weight is 302 g/mol. The fourth-order valence-corrected chi connectivity index (χ4v) is 2.92. The minimum absolute atomic E-state index is 0.196. The Balaban J connectivity index is 1.75. The second-order valence-corrected chi connectivity index (χ2v) is 5.96. The van der Waals surface area contributed by atoms with Crippen LogP contribution in [-0.2, 0) is 6.61 Å². The SMILES string of the molecule is CC(N)c1ccc(OCc2nc3ccccc3s2)c(F)c1. The molecular formula is C16H15FN2OS. The van der Waals surface area contributed by atoms with Gasteiger partial charge >= 0.3 is 0 Å². The summed E-state index contributed by atoms with van der Waals surface area (Å²) in [7, 11) is 0. The third kappa shape index (κ3) is 3.04. The normalized spacial score (nSPS) is 12.5. The van der Waals surface area contributed by atoms with Gasteiger partial charge in [-0.2, -0.15) is 0 Å². The molecule has 1 heterocycles. The van der Waals surface area contributed by atoms with Gasteiger partial charge in [0.1, 0.15) is 11.6 Å². The number of para-hydroxylation sites is 1. The highest BCUT2D eigenvalue weighted by Gasteiger charge is 2.09. The van der Waals surface area contributed by atoms with Crippen LogP contribution in [0.2, 0.25) is 0 Å². The molecular weight excluding hydrogens is 287 g/mol. The highest BCUT2D eigenvalue weighted by Crippen LogP contribution is 2.25. The first-order valence-electron chi connectivity index (χ1n) is 6.66. The van der Waals surface area contributed by atoms with E-state index in [0.717, 1.165) is 20.8 Å². The lowest BCUT2D eigenvalue weighted by Crippen LogP contribution is -2.06. The molecule has 1 aromatic heterocycles. The molecule has 3 nitrogen and oxygen atoms in total. The number of nitrogens with zero attached hydrogens (tertiary/aromatic N) is 1. The van der Waals surface area contributed by atoms with Crippen LogP contribution < -0.4 is 10.5 Å². The highest BCUT2D eigenvalue weighted by atomic mass is 32.1. The molecule has 0 amide bonds. The summed E-state index contributed by atoms with van der Waals surface area (Å²) < 4.78 is 20.5. The van der Waals surface area contributed by atoms with Crippen molar-refractivity contribution in [1.82, 2.24) is 4.98 Å². The van der Waals surface area contributed by atoms with Crippen LogP contribution in [-0.4, -0.2) is 4.98 Å². The number of fused-ring (bicyclic) bond motifs is 1. The van der Waals surface area contributed by atoms with Gasteiger partial charge in [-0.1, -0.05) is 18.2 Å². The first kappa shape index (κ1) is 14.0. The summed E-state index contributed by atoms with van der Waals surface area (Å²) in [6.07, 6.45) is 0. The van der Waals surface area contributed by atoms with Crippen LogP contribution in [0.25, 0.3) is 10.2 Å². The third-order valence-electron chi connectivity index (χ3n) is 3.17. The molecule has 0 aliphatic rings. The van der Waals surface area contributed by atoms with Gasteiger partial charge in [-0.05, 0) is 36.8 Å². The molecule has 0 saturated carbocycles. The first-order valence-corrected chi connectivity index (χ1v) is 7.47. The van der Waals surface area contributed by atoms with E-state index in [2.05, 4.69) is 4.98 Å². The number of ether oxygens (including phenoxy) is 1. The second kappa shape index (κ2) is 5.79. The van der Waals surface area contributed by atoms with Crippen LogP contribution in [0.1, 0.15) is 23.5 Å². The van der Waals surface area contributed by atoms with E-state index in [1.165, 1.54) is 6.07 Å². The van der Waals surface area contributed by atoms with E-state index in [1.807, 2.05) is 31.2 Å². The Morgan fingerprint density at radius 2 is 2.10 bits per heavy atom. The molecule has 21 heavy (non-hydrogen) atoms. The van der Waals surface area contributed by atoms with Crippen molar-refractivity contribution < 1.29 is 9.13 Å². The molecule has 0 fully saturated rings. The van der Waals surface area contributed by atoms with E-state index in [0.29, 0.717) is 0 Å². The summed E-state index contributed by atoms with van der Waals surface area (Å²) >= 11 is 1.55. The van der Waals surface area contributed by atoms with E-state index in [1.54, 1.807) is 23.5 Å². The predicted octanol–water partition coefficient (Wildman–Crippen LogP) is 4.03. The molecule has 1 atom stereocenters. The molecule has 0 radical (unpaired) electrons. The van der Waals surface area contributed by atoms with Crippen molar-refractivity contribution in [3.63, 3.8) is 0 Å². The number of thiazole rings is 1. The zero-order chi connectivity index (χ0) is 14.8. The number of hydrogen-bond donors (Lipinski definition) is 1. The standard InChI is InChI=1S/C16H15FN2OS/c1-10(18)11-6-7-14(12(17)8-11)20-9-16-19-13-4-2-3-5-15(13)21-16/h2-8,10H,9,18H2,1H3. The van der Waals surface area contributed by atoms with Gasteiger partial charge in [-0.15, -0.1) is 11.3 Å². The van der Waals surface area contributed by atoms with Crippen LogP contribution in [0.4, 0.5) is 4.39 Å². The largest absolute Gasteiger partial charge is 0.483 e. The highest BCUT2D eigenvalue weighted by molar-refractivity contribution is 7.18. The van der Waals surface area contributed by atoms with Crippen LogP contribution in [0, 0.1) is 5.82 Å². The lowest BCUT2D eigenvalue weighted by molar-refractivity contribution is 0.289. The Morgan fingerprint density at radius 1 is 1.29 bits per heavy atom. The first-order chi connectivity index (χ1) is 10.1. The van der Waals surface area contributed by atoms with Crippen LogP contribution in [0.5, 0.6) is 5.75 Å². The fraction of sp³-hybridized carbons (Fsp3) is 0.188. The summed E-state index contributed by atoms with van der Waals surface area (Å²) in [4.78, 5) is 4.45. The van der Waals surface area contributed by atoms with Crippen molar-refractivity contribution in [2.24, 2.45) is 5.73 Å². The molecule has 108 valence electrons. The zero-order valence-electron chi connectivity index (χ0n) is 11.5. The fourth-order valence-electron chi connectivity index (χ4n) is 2.04. The van der Waals surface area contributed by atoms with Crippen molar-refractivity contribution in [1.29, 1.82) is 0 Å². The van der Waals surface area contributed by atoms with Crippen molar-refractivity contribution in [2.75, 3.05) is 0 Å². The van der Waals surface area contributed by atoms with E-state index in [9.17, 15) is 4.39 Å². The maximum Gasteiger partial charge on any atom is 0.165 e. The maximum absolute atomic E-state index is 13.9. The van der Waals surface area contributed by atoms with Crippen LogP contribution >= 0.6 is 11.3 Å². The lowest BCUT2D eigenvalue weighted by atomic mass is 10.1. The Bertz CT molecular complexity index is 737. The molecule has 5 heteroatoms. The number of hydrogen-bond acceptors (Lipinski definition) is 4. The molecule has 1 unspecified atom stereocenters. The van der Waals surface area contributed by atoms with Gasteiger partial charge in [0.2, 0.25) is 0 Å². The van der Waals surface area contributed by atoms with Crippen molar-refractivity contribution >= 4 is 21.6 Å². The topological polar surface area (TPSA) is 48.1 Å². The van der Waals surface area contributed by atoms with Gasteiger partial charge in [0, 0.05) is 6.04 Å². The van der Waals surface area contributed by atoms with Gasteiger partial charge in [0.05, 0.1) is 10.2 Å². The summed E-state index contributed by atoms with van der Waals surface area (Å²) in [5.74, 6) is -0.176. The Labute approximate surface area is 126 Å². The minimum Gasteiger partial charge on any atom is -0.483 e. The third-order valence-corrected chi connectivity index (χ3v) is 4.18. The Hall–Kier alpha value is -1.98. The van der Waals surface area contributed by atoms with Gasteiger partial charge in [-0.25, -0.2) is 9.37 Å². The summed E-state index contributed by atoms with van der Waals surface area (Å²) in [6, 6.07) is 12.5. The Kier molecular flexibility index (Phi) is 3.86. The summed E-state index contributed by atoms with van der Waals surface area (Å²) in [5.41, 5.74) is 7.41. The van der Waals surface area contributed by atoms with E-state index in [-0.39, 0.29) is 18.4 Å². The van der Waals surface area contributed by atoms with Gasteiger partial charge in [0.15, 0.2) is 11.6 Å². The van der Waals surface area contributed by atoms with E-state index >= 15 is 0 Å². The van der Waals surface area contributed by atoms with Crippen molar-refractivity contribution in [3.05, 3.63) is 58.9 Å². The Morgan fingerprint density at radius 3 is 2.81 bits per heavy atom. The predicted molar refractivity (Wildman–Crippen MR) is 83.0 cm³/mol. The number of benzene rings is 2. The zero-order valence-corrected chi connectivity index (χ0v) is 12.4. The summed E-state index contributed by atoms with van der Waals surface area (Å²) in [5, 5.41) is 0.826. The van der Waals surface area contributed by atoms with E-state index in [4.69, 9.17) is 10.5 Å². The molecule has 0 spiro atoms. The minimum atomic E-state index is -0.397. The molecule has 0 bridgehead atoms. The molecule has 0 aliphatic heterocycles. The average Bonchev–Trinajstić information content (AvgIpc) is 2.88. The number of aromatic nitrogens is 1. The van der Waals surface area contributed by atoms with Crippen molar-refractivity contribution in [2.45, 2.75) is 19.6 Å². The van der Waals surface area contributed by atoms with Crippen molar-refractivity contribution in [3.8, 4) is 5.75 Å². The van der Waals surface area contributed by atoms with Crippen LogP contribution in [0.3, 0.4) is 0 Å². The molecule has 0 aliphatic carbocycles. The van der Waals surface area contributed by atoms with Gasteiger partial charge < -0.3 is 10.5 Å². The number of halogens is 1. The molecule has 2 N–H and O–H groups in total. The smallest absolute Gasteiger partial charge is 0.165 e. The monoisotopic (exact) mass is 302 g/mol. The van der Waals surface area contributed by atoms with Gasteiger partial charge in [-0.3, -0.25) is 0 Å². The molecule has 3 aromatic rings. The molecule has 3 rings (SSSR count). The summed E-state index contributed by atoms with van der Waals surface area (Å²) in [6.45, 7) is 2.07. The quantitative estimate of drug-likeness (QED) is 0.791. The number of rotatable bonds is 4.